The van der Waals surface area contributed by atoms with Crippen molar-refractivity contribution in [3.63, 3.8) is 0 Å². The van der Waals surface area contributed by atoms with Crippen LogP contribution in [-0.2, 0) is 4.79 Å². The molecule has 3 nitrogen and oxygen atoms in total. The molecule has 0 bridgehead atoms. The van der Waals surface area contributed by atoms with Crippen LogP contribution < -0.4 is 5.73 Å². The van der Waals surface area contributed by atoms with Gasteiger partial charge in [-0.1, -0.05) is 31.5 Å². The summed E-state index contributed by atoms with van der Waals surface area (Å²) in [4.78, 5) is 10.7. The van der Waals surface area contributed by atoms with Crippen molar-refractivity contribution in [2.75, 3.05) is 0 Å². The van der Waals surface area contributed by atoms with Gasteiger partial charge in [0, 0.05) is 5.02 Å². The molecule has 4 heteroatoms. The van der Waals surface area contributed by atoms with Crippen LogP contribution in [-0.4, -0.2) is 11.1 Å². The summed E-state index contributed by atoms with van der Waals surface area (Å²) in [5.41, 5.74) is 7.05. The largest absolute Gasteiger partial charge is 0.480 e. The van der Waals surface area contributed by atoms with Crippen molar-refractivity contribution in [2.24, 2.45) is 5.73 Å². The summed E-state index contributed by atoms with van der Waals surface area (Å²) in [6.07, 6.45) is 0. The zero-order chi connectivity index (χ0) is 11.6. The Morgan fingerprint density at radius 3 is 2.33 bits per heavy atom. The molecule has 0 saturated heterocycles. The van der Waals surface area contributed by atoms with Crippen LogP contribution in [0.4, 0.5) is 0 Å². The van der Waals surface area contributed by atoms with Crippen LogP contribution >= 0.6 is 11.6 Å². The van der Waals surface area contributed by atoms with Crippen LogP contribution in [0.15, 0.2) is 18.2 Å². The third-order valence-electron chi connectivity index (χ3n) is 2.23. The molecule has 82 valence electrons. The predicted molar refractivity (Wildman–Crippen MR) is 60.1 cm³/mol. The Hall–Kier alpha value is -1.06. The lowest BCUT2D eigenvalue weighted by molar-refractivity contribution is -0.138. The summed E-state index contributed by atoms with van der Waals surface area (Å²) < 4.78 is 0. The molecular formula is C11H14ClNO2. The summed E-state index contributed by atoms with van der Waals surface area (Å²) in [7, 11) is 0. The number of carbonyl (C=O) groups is 1. The Balaban J connectivity index is 3.14. The van der Waals surface area contributed by atoms with Crippen molar-refractivity contribution in [1.82, 2.24) is 0 Å². The van der Waals surface area contributed by atoms with Crippen LogP contribution in [0.1, 0.15) is 36.9 Å². The van der Waals surface area contributed by atoms with Crippen molar-refractivity contribution in [3.05, 3.63) is 34.3 Å². The number of carboxylic acids is 1. The molecule has 0 aliphatic rings. The van der Waals surface area contributed by atoms with Gasteiger partial charge in [-0.25, -0.2) is 0 Å². The highest BCUT2D eigenvalue weighted by Crippen LogP contribution is 2.24. The zero-order valence-electron chi connectivity index (χ0n) is 8.70. The van der Waals surface area contributed by atoms with E-state index in [-0.39, 0.29) is 0 Å². The molecule has 1 unspecified atom stereocenters. The number of aliphatic carboxylic acids is 1. The van der Waals surface area contributed by atoms with Crippen LogP contribution in [0.5, 0.6) is 0 Å². The highest BCUT2D eigenvalue weighted by Gasteiger charge is 2.15. The minimum atomic E-state index is -1.05. The zero-order valence-corrected chi connectivity index (χ0v) is 9.45. The van der Waals surface area contributed by atoms with Gasteiger partial charge in [-0.2, -0.15) is 0 Å². The lowest BCUT2D eigenvalue weighted by atomic mass is 9.98. The second-order valence-corrected chi connectivity index (χ2v) is 4.22. The summed E-state index contributed by atoms with van der Waals surface area (Å²) in [6.45, 7) is 4.03. The highest BCUT2D eigenvalue weighted by atomic mass is 35.5. The van der Waals surface area contributed by atoms with E-state index in [1.807, 2.05) is 19.9 Å². The van der Waals surface area contributed by atoms with Crippen LogP contribution in [0, 0.1) is 0 Å². The molecular weight excluding hydrogens is 214 g/mol. The third-order valence-corrected chi connectivity index (χ3v) is 2.45. The van der Waals surface area contributed by atoms with Crippen LogP contribution in [0.25, 0.3) is 0 Å². The van der Waals surface area contributed by atoms with E-state index in [1.165, 1.54) is 0 Å². The van der Waals surface area contributed by atoms with Crippen molar-refractivity contribution in [1.29, 1.82) is 0 Å². The fourth-order valence-electron chi connectivity index (χ4n) is 1.29. The van der Waals surface area contributed by atoms with Gasteiger partial charge in [0.1, 0.15) is 6.04 Å². The highest BCUT2D eigenvalue weighted by molar-refractivity contribution is 6.30. The number of hydrogen-bond donors (Lipinski definition) is 2. The standard InChI is InChI=1S/C11H14ClNO2/c1-6(2)7-3-8(5-9(12)4-7)10(13)11(14)15/h3-6,10H,13H2,1-2H3,(H,14,15). The van der Waals surface area contributed by atoms with Gasteiger partial charge >= 0.3 is 5.97 Å². The summed E-state index contributed by atoms with van der Waals surface area (Å²) >= 11 is 5.89. The van der Waals surface area contributed by atoms with Gasteiger partial charge in [-0.15, -0.1) is 0 Å². The minimum absolute atomic E-state index is 0.295. The SMILES string of the molecule is CC(C)c1cc(Cl)cc(C(N)C(=O)O)c1. The van der Waals surface area contributed by atoms with Crippen LogP contribution in [0.3, 0.4) is 0 Å². The normalized spacial score (nSPS) is 12.9. The quantitative estimate of drug-likeness (QED) is 0.834. The molecule has 0 aliphatic heterocycles. The van der Waals surface area contributed by atoms with Crippen molar-refractivity contribution < 1.29 is 9.90 Å². The van der Waals surface area contributed by atoms with E-state index >= 15 is 0 Å². The second kappa shape index (κ2) is 4.64. The van der Waals surface area contributed by atoms with Gasteiger partial charge in [0.05, 0.1) is 0 Å². The maximum absolute atomic E-state index is 10.7. The molecule has 15 heavy (non-hydrogen) atoms. The summed E-state index contributed by atoms with van der Waals surface area (Å²) in [5.74, 6) is -0.754. The van der Waals surface area contributed by atoms with Gasteiger partial charge in [0.25, 0.3) is 0 Å². The Labute approximate surface area is 93.9 Å². The molecule has 1 atom stereocenters. The maximum Gasteiger partial charge on any atom is 0.325 e. The topological polar surface area (TPSA) is 63.3 Å². The first-order chi connectivity index (χ1) is 6.91. The molecule has 0 radical (unpaired) electrons. The average molecular weight is 228 g/mol. The molecule has 0 aromatic heterocycles. The number of benzene rings is 1. The van der Waals surface area contributed by atoms with Gasteiger partial charge in [-0.05, 0) is 29.2 Å². The van der Waals surface area contributed by atoms with E-state index in [2.05, 4.69) is 0 Å². The molecule has 1 aromatic rings. The predicted octanol–water partition coefficient (Wildman–Crippen LogP) is 2.55. The molecule has 3 N–H and O–H groups in total. The van der Waals surface area contributed by atoms with E-state index in [0.29, 0.717) is 16.5 Å². The maximum atomic E-state index is 10.7. The number of halogens is 1. The van der Waals surface area contributed by atoms with Crippen molar-refractivity contribution in [3.8, 4) is 0 Å². The first kappa shape index (κ1) is 12.0. The third kappa shape index (κ3) is 2.94. The number of rotatable bonds is 3. The van der Waals surface area contributed by atoms with E-state index in [9.17, 15) is 4.79 Å². The van der Waals surface area contributed by atoms with Gasteiger partial charge < -0.3 is 10.8 Å². The Bertz CT molecular complexity index is 377. The van der Waals surface area contributed by atoms with Gasteiger partial charge in [0.15, 0.2) is 0 Å². The average Bonchev–Trinajstić information content (AvgIpc) is 2.15. The molecule has 1 rings (SSSR count). The minimum Gasteiger partial charge on any atom is -0.480 e. The van der Waals surface area contributed by atoms with Crippen molar-refractivity contribution in [2.45, 2.75) is 25.8 Å². The van der Waals surface area contributed by atoms with Crippen LogP contribution in [0.2, 0.25) is 5.02 Å². The number of nitrogens with two attached hydrogens (primary N) is 1. The Morgan fingerprint density at radius 2 is 1.87 bits per heavy atom. The molecule has 1 aromatic carbocycles. The van der Waals surface area contributed by atoms with E-state index in [1.54, 1.807) is 12.1 Å². The number of carboxylic acid groups (broad SMARTS) is 1. The number of hydrogen-bond acceptors (Lipinski definition) is 2. The fourth-order valence-corrected chi connectivity index (χ4v) is 1.54. The van der Waals surface area contributed by atoms with E-state index < -0.39 is 12.0 Å². The first-order valence-electron chi connectivity index (χ1n) is 4.70. The summed E-state index contributed by atoms with van der Waals surface area (Å²) in [6, 6.07) is 4.19. The Kier molecular flexibility index (Phi) is 3.72. The molecule has 0 aliphatic carbocycles. The molecule has 0 amide bonds. The monoisotopic (exact) mass is 227 g/mol. The summed E-state index contributed by atoms with van der Waals surface area (Å²) in [5, 5.41) is 9.31. The lowest BCUT2D eigenvalue weighted by Crippen LogP contribution is -2.20. The molecule has 0 heterocycles. The fraction of sp³-hybridized carbons (Fsp3) is 0.364. The second-order valence-electron chi connectivity index (χ2n) is 3.79. The smallest absolute Gasteiger partial charge is 0.325 e. The van der Waals surface area contributed by atoms with E-state index in [4.69, 9.17) is 22.4 Å². The lowest BCUT2D eigenvalue weighted by Gasteiger charge is -2.12. The van der Waals surface area contributed by atoms with Crippen molar-refractivity contribution >= 4 is 17.6 Å². The van der Waals surface area contributed by atoms with Gasteiger partial charge in [0.2, 0.25) is 0 Å². The molecule has 0 spiro atoms. The molecule has 0 fully saturated rings. The van der Waals surface area contributed by atoms with Gasteiger partial charge in [-0.3, -0.25) is 4.79 Å². The Morgan fingerprint density at radius 1 is 1.33 bits per heavy atom. The first-order valence-corrected chi connectivity index (χ1v) is 5.08. The molecule has 0 saturated carbocycles. The van der Waals surface area contributed by atoms with E-state index in [0.717, 1.165) is 5.56 Å².